The fourth-order valence-electron chi connectivity index (χ4n) is 3.56. The summed E-state index contributed by atoms with van der Waals surface area (Å²) in [6.07, 6.45) is 5.15. The molecule has 3 aromatic rings. The van der Waals surface area contributed by atoms with Gasteiger partial charge in [-0.15, -0.1) is 11.3 Å². The first-order chi connectivity index (χ1) is 17.0. The predicted octanol–water partition coefficient (Wildman–Crippen LogP) is 6.74. The van der Waals surface area contributed by atoms with Crippen molar-refractivity contribution in [3.8, 4) is 22.6 Å². The lowest BCUT2D eigenvalue weighted by molar-refractivity contribution is -0.111. The summed E-state index contributed by atoms with van der Waals surface area (Å²) in [4.78, 5) is 26.4. The topological polar surface area (TPSA) is 73.9 Å². The molecule has 1 heterocycles. The molecule has 184 valence electrons. The molecule has 0 radical (unpaired) electrons. The first-order valence-corrected chi connectivity index (χ1v) is 12.5. The number of carbonyl (C=O) groups excluding carboxylic acids is 2. The van der Waals surface area contributed by atoms with E-state index in [1.165, 1.54) is 24.5 Å². The zero-order valence-electron chi connectivity index (χ0n) is 20.6. The fourth-order valence-corrected chi connectivity index (χ4v) is 4.62. The van der Waals surface area contributed by atoms with Crippen molar-refractivity contribution in [2.24, 2.45) is 0 Å². The number of benzene rings is 2. The lowest BCUT2D eigenvalue weighted by atomic mass is 10.0. The average molecular weight is 494 g/mol. The predicted molar refractivity (Wildman–Crippen MR) is 142 cm³/mol. The largest absolute Gasteiger partial charge is 0.494 e. The van der Waals surface area contributed by atoms with Crippen molar-refractivity contribution >= 4 is 34.3 Å². The number of esters is 1. The zero-order chi connectivity index (χ0) is 25.2. The van der Waals surface area contributed by atoms with Crippen LogP contribution < -0.4 is 14.8 Å². The average Bonchev–Trinajstić information content (AvgIpc) is 3.19. The van der Waals surface area contributed by atoms with E-state index in [4.69, 9.17) is 14.2 Å². The van der Waals surface area contributed by atoms with E-state index in [9.17, 15) is 9.59 Å². The molecule has 0 atom stereocenters. The maximum absolute atomic E-state index is 12.8. The summed E-state index contributed by atoms with van der Waals surface area (Å²) in [6, 6.07) is 15.1. The number of amides is 1. The molecule has 7 heteroatoms. The third-order valence-electron chi connectivity index (χ3n) is 5.25. The van der Waals surface area contributed by atoms with Gasteiger partial charge in [-0.3, -0.25) is 4.79 Å². The number of aryl methyl sites for hydroxylation is 1. The van der Waals surface area contributed by atoms with Crippen molar-refractivity contribution in [1.82, 2.24) is 0 Å². The smallest absolute Gasteiger partial charge is 0.341 e. The van der Waals surface area contributed by atoms with Gasteiger partial charge in [0.25, 0.3) is 0 Å². The van der Waals surface area contributed by atoms with Crippen LogP contribution in [0, 0.1) is 6.92 Å². The maximum atomic E-state index is 12.8. The van der Waals surface area contributed by atoms with Crippen molar-refractivity contribution in [2.75, 3.05) is 25.6 Å². The van der Waals surface area contributed by atoms with Crippen LogP contribution in [0.5, 0.6) is 11.5 Å². The second kappa shape index (κ2) is 12.8. The molecule has 0 fully saturated rings. The second-order valence-corrected chi connectivity index (χ2v) is 8.97. The van der Waals surface area contributed by atoms with E-state index in [0.717, 1.165) is 45.9 Å². The highest BCUT2D eigenvalue weighted by atomic mass is 32.1. The number of unbranched alkanes of at least 4 members (excludes halogenated alkanes) is 1. The number of anilines is 1. The van der Waals surface area contributed by atoms with Crippen LogP contribution in [0.1, 0.15) is 47.5 Å². The van der Waals surface area contributed by atoms with E-state index in [2.05, 4.69) is 12.2 Å². The molecule has 0 aliphatic carbocycles. The van der Waals surface area contributed by atoms with E-state index in [-0.39, 0.29) is 5.91 Å². The highest BCUT2D eigenvalue weighted by Crippen LogP contribution is 2.40. The van der Waals surface area contributed by atoms with Gasteiger partial charge in [0.1, 0.15) is 22.1 Å². The lowest BCUT2D eigenvalue weighted by Crippen LogP contribution is -2.11. The van der Waals surface area contributed by atoms with Gasteiger partial charge in [0, 0.05) is 22.1 Å². The van der Waals surface area contributed by atoms with Gasteiger partial charge in [0.15, 0.2) is 0 Å². The van der Waals surface area contributed by atoms with E-state index < -0.39 is 5.97 Å². The Morgan fingerprint density at radius 3 is 2.46 bits per heavy atom. The second-order valence-electron chi connectivity index (χ2n) is 7.75. The molecule has 0 saturated carbocycles. The van der Waals surface area contributed by atoms with Gasteiger partial charge in [0.05, 0.1) is 20.3 Å². The third kappa shape index (κ3) is 6.73. The van der Waals surface area contributed by atoms with E-state index in [0.29, 0.717) is 23.8 Å². The van der Waals surface area contributed by atoms with Gasteiger partial charge in [0.2, 0.25) is 5.91 Å². The molecule has 0 spiro atoms. The first kappa shape index (κ1) is 26.0. The van der Waals surface area contributed by atoms with Gasteiger partial charge in [-0.25, -0.2) is 4.79 Å². The number of ether oxygens (including phenoxy) is 3. The highest BCUT2D eigenvalue weighted by Gasteiger charge is 2.24. The Morgan fingerprint density at radius 2 is 1.77 bits per heavy atom. The summed E-state index contributed by atoms with van der Waals surface area (Å²) in [5.74, 6) is 0.622. The molecule has 2 aromatic carbocycles. The summed E-state index contributed by atoms with van der Waals surface area (Å²) in [5, 5.41) is 3.30. The molecule has 0 saturated heterocycles. The van der Waals surface area contributed by atoms with Crippen molar-refractivity contribution in [3.63, 3.8) is 0 Å². The number of para-hydroxylation sites is 1. The quantitative estimate of drug-likeness (QED) is 0.182. The van der Waals surface area contributed by atoms with Gasteiger partial charge in [-0.1, -0.05) is 43.7 Å². The Balaban J connectivity index is 1.85. The number of thiophene rings is 1. The third-order valence-corrected chi connectivity index (χ3v) is 6.27. The number of hydrogen-bond acceptors (Lipinski definition) is 6. The summed E-state index contributed by atoms with van der Waals surface area (Å²) in [7, 11) is 1.33. The molecular weight excluding hydrogens is 462 g/mol. The van der Waals surface area contributed by atoms with E-state index in [1.807, 2.05) is 62.4 Å². The van der Waals surface area contributed by atoms with Gasteiger partial charge in [-0.2, -0.15) is 0 Å². The van der Waals surface area contributed by atoms with Gasteiger partial charge in [-0.05, 0) is 50.1 Å². The van der Waals surface area contributed by atoms with Crippen LogP contribution in [0.3, 0.4) is 0 Å². The normalized spacial score (nSPS) is 10.9. The van der Waals surface area contributed by atoms with E-state index in [1.54, 1.807) is 6.08 Å². The Bertz CT molecular complexity index is 1180. The summed E-state index contributed by atoms with van der Waals surface area (Å²) in [6.45, 7) is 7.14. The van der Waals surface area contributed by atoms with Crippen LogP contribution >= 0.6 is 11.3 Å². The standard InChI is InChI=1S/C28H31NO5S/c1-5-7-18-34-23-11-9-8-10-20(23)14-17-24(30)29-27-26(28(31)32-4)25(19(3)35-27)21-12-15-22(16-13-21)33-6-2/h8-17H,5-7,18H2,1-4H3,(H,29,30)/b17-14+. The molecule has 1 amide bonds. The molecule has 0 aliphatic heterocycles. The van der Waals surface area contributed by atoms with Crippen molar-refractivity contribution < 1.29 is 23.8 Å². The number of rotatable bonds is 11. The molecule has 1 aromatic heterocycles. The van der Waals surface area contributed by atoms with Crippen molar-refractivity contribution in [2.45, 2.75) is 33.6 Å². The summed E-state index contributed by atoms with van der Waals surface area (Å²) >= 11 is 1.34. The first-order valence-electron chi connectivity index (χ1n) is 11.6. The molecular formula is C28H31NO5S. The monoisotopic (exact) mass is 493 g/mol. The molecule has 3 rings (SSSR count). The molecule has 0 bridgehead atoms. The maximum Gasteiger partial charge on any atom is 0.341 e. The minimum Gasteiger partial charge on any atom is -0.494 e. The van der Waals surface area contributed by atoms with Crippen LogP contribution in [0.25, 0.3) is 17.2 Å². The summed E-state index contributed by atoms with van der Waals surface area (Å²) in [5.41, 5.74) is 2.73. The van der Waals surface area contributed by atoms with Crippen LogP contribution in [0.15, 0.2) is 54.6 Å². The van der Waals surface area contributed by atoms with E-state index >= 15 is 0 Å². The van der Waals surface area contributed by atoms with Crippen LogP contribution in [0.4, 0.5) is 5.00 Å². The Morgan fingerprint density at radius 1 is 1.03 bits per heavy atom. The Hall–Kier alpha value is -3.58. The number of hydrogen-bond donors (Lipinski definition) is 1. The lowest BCUT2D eigenvalue weighted by Gasteiger charge is -2.09. The van der Waals surface area contributed by atoms with Crippen LogP contribution in [-0.4, -0.2) is 32.2 Å². The minimum absolute atomic E-state index is 0.337. The molecule has 1 N–H and O–H groups in total. The highest BCUT2D eigenvalue weighted by molar-refractivity contribution is 7.17. The number of methoxy groups -OCH3 is 1. The summed E-state index contributed by atoms with van der Waals surface area (Å²) < 4.78 is 16.4. The van der Waals surface area contributed by atoms with Crippen molar-refractivity contribution in [3.05, 3.63) is 70.6 Å². The number of carbonyl (C=O) groups is 2. The van der Waals surface area contributed by atoms with Gasteiger partial charge < -0.3 is 19.5 Å². The Kier molecular flexibility index (Phi) is 9.49. The van der Waals surface area contributed by atoms with Gasteiger partial charge >= 0.3 is 5.97 Å². The molecule has 0 aliphatic rings. The molecule has 35 heavy (non-hydrogen) atoms. The minimum atomic E-state index is -0.507. The molecule has 0 unspecified atom stereocenters. The Labute approximate surface area is 210 Å². The number of nitrogens with one attached hydrogen (secondary N) is 1. The fraction of sp³-hybridized carbons (Fsp3) is 0.286. The van der Waals surface area contributed by atoms with Crippen LogP contribution in [-0.2, 0) is 9.53 Å². The zero-order valence-corrected chi connectivity index (χ0v) is 21.4. The SMILES string of the molecule is CCCCOc1ccccc1/C=C/C(=O)Nc1sc(C)c(-c2ccc(OCC)cc2)c1C(=O)OC. The van der Waals surface area contributed by atoms with Crippen LogP contribution in [0.2, 0.25) is 0 Å². The molecule has 6 nitrogen and oxygen atoms in total. The van der Waals surface area contributed by atoms with Crippen molar-refractivity contribution in [1.29, 1.82) is 0 Å².